The zero-order valence-corrected chi connectivity index (χ0v) is 7.49. The number of anilines is 1. The van der Waals surface area contributed by atoms with Crippen LogP contribution in [0.15, 0.2) is 11.1 Å². The molecule has 0 atom stereocenters. The van der Waals surface area contributed by atoms with Gasteiger partial charge in [-0.1, -0.05) is 11.6 Å². The van der Waals surface area contributed by atoms with Crippen LogP contribution in [0, 0.1) is 0 Å². The van der Waals surface area contributed by atoms with E-state index in [9.17, 15) is 10.0 Å². The zero-order chi connectivity index (χ0) is 10.0. The van der Waals surface area contributed by atoms with Crippen LogP contribution in [0.3, 0.4) is 0 Å². The molecule has 70 valence electrons. The van der Waals surface area contributed by atoms with E-state index in [1.165, 1.54) is 13.0 Å². The van der Waals surface area contributed by atoms with Crippen LogP contribution >= 0.6 is 11.6 Å². The Morgan fingerprint density at radius 3 is 3.00 bits per heavy atom. The molecule has 1 aromatic rings. The molecule has 3 N–H and O–H groups in total. The van der Waals surface area contributed by atoms with E-state index in [1.54, 1.807) is 0 Å². The lowest BCUT2D eigenvalue weighted by Crippen LogP contribution is -2.26. The second kappa shape index (κ2) is 3.44. The maximum absolute atomic E-state index is 10.6. The number of rotatable bonds is 0. The van der Waals surface area contributed by atoms with Gasteiger partial charge in [0.15, 0.2) is 0 Å². The third-order valence-corrected chi connectivity index (χ3v) is 1.36. The van der Waals surface area contributed by atoms with E-state index < -0.39 is 5.91 Å². The fourth-order valence-electron chi connectivity index (χ4n) is 0.687. The summed E-state index contributed by atoms with van der Waals surface area (Å²) in [4.78, 5) is 17.5. The lowest BCUT2D eigenvalue weighted by atomic mass is 10.6. The van der Waals surface area contributed by atoms with Crippen LogP contribution < -0.4 is 11.4 Å². The molecule has 13 heavy (non-hydrogen) atoms. The van der Waals surface area contributed by atoms with Gasteiger partial charge in [0.2, 0.25) is 5.91 Å². The molecule has 1 aromatic heterocycles. The van der Waals surface area contributed by atoms with Gasteiger partial charge in [-0.2, -0.15) is 9.98 Å². The van der Waals surface area contributed by atoms with Gasteiger partial charge in [-0.05, 0) is 0 Å². The monoisotopic (exact) mass is 202 g/mol. The van der Waals surface area contributed by atoms with E-state index in [2.05, 4.69) is 9.98 Å². The Morgan fingerprint density at radius 1 is 1.85 bits per heavy atom. The predicted molar refractivity (Wildman–Crippen MR) is 45.1 cm³/mol. The lowest BCUT2D eigenvalue weighted by molar-refractivity contribution is -0.116. The topological polar surface area (TPSA) is 93.5 Å². The summed E-state index contributed by atoms with van der Waals surface area (Å²) in [5.41, 5.74) is 5.08. The molecule has 0 unspecified atom stereocenters. The van der Waals surface area contributed by atoms with E-state index >= 15 is 0 Å². The van der Waals surface area contributed by atoms with Crippen molar-refractivity contribution in [1.29, 1.82) is 0 Å². The Bertz CT molecular complexity index is 412. The Balaban J connectivity index is 3.45. The van der Waals surface area contributed by atoms with Gasteiger partial charge in [0.25, 0.3) is 5.62 Å². The van der Waals surface area contributed by atoms with E-state index in [4.69, 9.17) is 17.3 Å². The van der Waals surface area contributed by atoms with E-state index in [0.717, 1.165) is 0 Å². The lowest BCUT2D eigenvalue weighted by Gasteiger charge is -2.01. The number of hydrogen-bond donors (Lipinski definition) is 2. The average molecular weight is 203 g/mol. The molecule has 0 saturated carbocycles. The second-order valence-corrected chi connectivity index (χ2v) is 2.63. The Kier molecular flexibility index (Phi) is 2.52. The number of carbonyl (C=O) groups is 1. The van der Waals surface area contributed by atoms with Crippen LogP contribution in [0.5, 0.6) is 0 Å². The van der Waals surface area contributed by atoms with Crippen LogP contribution in [0.4, 0.5) is 5.82 Å². The normalized spacial score (nSPS) is 11.7. The minimum Gasteiger partial charge on any atom is -0.423 e. The molecule has 0 saturated heterocycles. The number of nitrogens with zero attached hydrogens (tertiary/aromatic N) is 3. The van der Waals surface area contributed by atoms with Gasteiger partial charge >= 0.3 is 0 Å². The second-order valence-electron chi connectivity index (χ2n) is 2.25. The van der Waals surface area contributed by atoms with Gasteiger partial charge in [0.1, 0.15) is 11.0 Å². The SMILES string of the molecule is CC(=O)N=c1nc(Cl)cc(N)n1O. The fourth-order valence-corrected chi connectivity index (χ4v) is 0.874. The molecule has 0 aromatic carbocycles. The average Bonchev–Trinajstić information content (AvgIpc) is 1.98. The molecule has 0 bridgehead atoms. The summed E-state index contributed by atoms with van der Waals surface area (Å²) in [6, 6.07) is 1.24. The predicted octanol–water partition coefficient (Wildman–Crippen LogP) is -0.197. The number of aromatic nitrogens is 2. The Labute approximate surface area is 78.3 Å². The van der Waals surface area contributed by atoms with E-state index in [0.29, 0.717) is 4.73 Å². The highest BCUT2D eigenvalue weighted by Gasteiger charge is 2.01. The zero-order valence-electron chi connectivity index (χ0n) is 6.73. The maximum Gasteiger partial charge on any atom is 0.269 e. The molecule has 0 radical (unpaired) electrons. The summed E-state index contributed by atoms with van der Waals surface area (Å²) in [7, 11) is 0. The molecular weight excluding hydrogens is 196 g/mol. The molecule has 0 aliphatic rings. The quantitative estimate of drug-likeness (QED) is 0.450. The molecular formula is C6H7ClN4O2. The largest absolute Gasteiger partial charge is 0.423 e. The number of halogens is 1. The first-order chi connectivity index (χ1) is 6.00. The van der Waals surface area contributed by atoms with Crippen LogP contribution in [0.25, 0.3) is 0 Å². The molecule has 1 heterocycles. The highest BCUT2D eigenvalue weighted by molar-refractivity contribution is 6.29. The molecule has 6 nitrogen and oxygen atoms in total. The van der Waals surface area contributed by atoms with Crippen LogP contribution in [-0.4, -0.2) is 20.8 Å². The van der Waals surface area contributed by atoms with E-state index in [1.807, 2.05) is 0 Å². The summed E-state index contributed by atoms with van der Waals surface area (Å²) in [5.74, 6) is -0.544. The van der Waals surface area contributed by atoms with Crippen molar-refractivity contribution in [2.24, 2.45) is 4.99 Å². The van der Waals surface area contributed by atoms with Crippen molar-refractivity contribution in [3.05, 3.63) is 16.8 Å². The van der Waals surface area contributed by atoms with Crippen molar-refractivity contribution in [2.75, 3.05) is 5.73 Å². The molecule has 0 aliphatic carbocycles. The fraction of sp³-hybridized carbons (Fsp3) is 0.167. The third kappa shape index (κ3) is 2.19. The molecule has 1 amide bonds. The highest BCUT2D eigenvalue weighted by Crippen LogP contribution is 2.04. The smallest absolute Gasteiger partial charge is 0.269 e. The van der Waals surface area contributed by atoms with Crippen LogP contribution in [0.1, 0.15) is 6.92 Å². The molecule has 1 rings (SSSR count). The van der Waals surface area contributed by atoms with E-state index in [-0.39, 0.29) is 16.6 Å². The van der Waals surface area contributed by atoms with Gasteiger partial charge in [-0.3, -0.25) is 4.79 Å². The minimum atomic E-state index is -0.503. The number of hydrogen-bond acceptors (Lipinski definition) is 4. The molecule has 0 aliphatic heterocycles. The third-order valence-electron chi connectivity index (χ3n) is 1.17. The van der Waals surface area contributed by atoms with Gasteiger partial charge < -0.3 is 10.9 Å². The van der Waals surface area contributed by atoms with Crippen LogP contribution in [0.2, 0.25) is 5.15 Å². The Morgan fingerprint density at radius 2 is 2.46 bits per heavy atom. The highest BCUT2D eigenvalue weighted by atomic mass is 35.5. The number of carbonyl (C=O) groups excluding carboxylic acids is 1. The van der Waals surface area contributed by atoms with Crippen molar-refractivity contribution in [3.63, 3.8) is 0 Å². The molecule has 7 heteroatoms. The Hall–Kier alpha value is -1.56. The number of amides is 1. The first kappa shape index (κ1) is 9.53. The van der Waals surface area contributed by atoms with Crippen LogP contribution in [-0.2, 0) is 4.79 Å². The van der Waals surface area contributed by atoms with Crippen molar-refractivity contribution < 1.29 is 10.0 Å². The maximum atomic E-state index is 10.6. The summed E-state index contributed by atoms with van der Waals surface area (Å²) in [5, 5.41) is 9.25. The molecule has 0 fully saturated rings. The summed E-state index contributed by atoms with van der Waals surface area (Å²) >= 11 is 5.52. The first-order valence-electron chi connectivity index (χ1n) is 3.30. The number of nitrogen functional groups attached to an aromatic ring is 1. The summed E-state index contributed by atoms with van der Waals surface area (Å²) in [6.45, 7) is 1.22. The first-order valence-corrected chi connectivity index (χ1v) is 3.68. The van der Waals surface area contributed by atoms with Crippen molar-refractivity contribution in [2.45, 2.75) is 6.92 Å². The van der Waals surface area contributed by atoms with Crippen molar-refractivity contribution in [1.82, 2.24) is 9.71 Å². The standard InChI is InChI=1S/C6H7ClN4O2/c1-3(12)9-6-10-4(7)2-5(8)11(6)13/h2,13H,8H2,1H3. The summed E-state index contributed by atoms with van der Waals surface area (Å²) < 4.78 is 0.479. The number of nitrogens with two attached hydrogens (primary N) is 1. The molecule has 0 spiro atoms. The van der Waals surface area contributed by atoms with Gasteiger partial charge in [-0.25, -0.2) is 0 Å². The summed E-state index contributed by atoms with van der Waals surface area (Å²) in [6.07, 6.45) is 0. The van der Waals surface area contributed by atoms with Gasteiger partial charge in [0.05, 0.1) is 0 Å². The van der Waals surface area contributed by atoms with Gasteiger partial charge in [0, 0.05) is 13.0 Å². The minimum absolute atomic E-state index is 0.0417. The van der Waals surface area contributed by atoms with Crippen molar-refractivity contribution >= 4 is 23.3 Å². The van der Waals surface area contributed by atoms with Gasteiger partial charge in [-0.15, -0.1) is 4.73 Å². The van der Waals surface area contributed by atoms with Crippen molar-refractivity contribution in [3.8, 4) is 0 Å².